The zero-order chi connectivity index (χ0) is 13.8. The van der Waals surface area contributed by atoms with Crippen LogP contribution in [0.15, 0.2) is 0 Å². The summed E-state index contributed by atoms with van der Waals surface area (Å²) in [6, 6.07) is 0. The van der Waals surface area contributed by atoms with Gasteiger partial charge in [-0.25, -0.2) is 0 Å². The molecule has 1 saturated heterocycles. The second-order valence-corrected chi connectivity index (χ2v) is 5.95. The highest BCUT2D eigenvalue weighted by Crippen LogP contribution is 2.39. The SMILES string of the molecule is CCCN1CCN(c2snc(N)c2OC(C)C)CC1. The van der Waals surface area contributed by atoms with Gasteiger partial charge in [-0.1, -0.05) is 6.92 Å². The number of nitrogens with zero attached hydrogens (tertiary/aromatic N) is 3. The largest absolute Gasteiger partial charge is 0.484 e. The van der Waals surface area contributed by atoms with Crippen molar-refractivity contribution in [3.05, 3.63) is 0 Å². The lowest BCUT2D eigenvalue weighted by molar-refractivity contribution is 0.240. The third-order valence-corrected chi connectivity index (χ3v) is 4.11. The van der Waals surface area contributed by atoms with Gasteiger partial charge in [0.15, 0.2) is 16.6 Å². The van der Waals surface area contributed by atoms with Crippen molar-refractivity contribution in [1.82, 2.24) is 9.27 Å². The van der Waals surface area contributed by atoms with Crippen molar-refractivity contribution < 1.29 is 4.74 Å². The summed E-state index contributed by atoms with van der Waals surface area (Å²) in [4.78, 5) is 4.85. The van der Waals surface area contributed by atoms with Gasteiger partial charge in [-0.2, -0.15) is 4.37 Å². The zero-order valence-corrected chi connectivity index (χ0v) is 12.9. The maximum Gasteiger partial charge on any atom is 0.198 e. The van der Waals surface area contributed by atoms with Crippen molar-refractivity contribution in [3.8, 4) is 5.75 Å². The number of hydrogen-bond donors (Lipinski definition) is 1. The number of ether oxygens (including phenoxy) is 1. The minimum Gasteiger partial charge on any atom is -0.484 e. The molecular formula is C13H24N4OS. The van der Waals surface area contributed by atoms with Crippen LogP contribution in [0.2, 0.25) is 0 Å². The Morgan fingerprint density at radius 3 is 2.58 bits per heavy atom. The minimum atomic E-state index is 0.124. The van der Waals surface area contributed by atoms with Crippen LogP contribution in [-0.2, 0) is 0 Å². The van der Waals surface area contributed by atoms with E-state index in [1.807, 2.05) is 13.8 Å². The van der Waals surface area contributed by atoms with Gasteiger partial charge < -0.3 is 15.4 Å². The molecule has 0 unspecified atom stereocenters. The Morgan fingerprint density at radius 2 is 2.00 bits per heavy atom. The quantitative estimate of drug-likeness (QED) is 0.897. The summed E-state index contributed by atoms with van der Waals surface area (Å²) in [5.41, 5.74) is 5.91. The summed E-state index contributed by atoms with van der Waals surface area (Å²) in [5, 5.41) is 1.09. The fraction of sp³-hybridized carbons (Fsp3) is 0.769. The van der Waals surface area contributed by atoms with Gasteiger partial charge in [0.25, 0.3) is 0 Å². The number of rotatable bonds is 5. The van der Waals surface area contributed by atoms with Crippen LogP contribution in [0, 0.1) is 0 Å². The molecule has 0 atom stereocenters. The number of aromatic nitrogens is 1. The molecule has 1 fully saturated rings. The number of nitrogens with two attached hydrogens (primary N) is 1. The van der Waals surface area contributed by atoms with E-state index in [9.17, 15) is 0 Å². The molecular weight excluding hydrogens is 260 g/mol. The monoisotopic (exact) mass is 284 g/mol. The first-order valence-electron chi connectivity index (χ1n) is 7.01. The highest BCUT2D eigenvalue weighted by Gasteiger charge is 2.23. The maximum atomic E-state index is 5.91. The van der Waals surface area contributed by atoms with E-state index in [0.29, 0.717) is 5.82 Å². The van der Waals surface area contributed by atoms with Crippen LogP contribution >= 0.6 is 11.5 Å². The molecule has 6 heteroatoms. The van der Waals surface area contributed by atoms with E-state index in [4.69, 9.17) is 10.5 Å². The third kappa shape index (κ3) is 3.51. The molecule has 2 heterocycles. The van der Waals surface area contributed by atoms with Crippen LogP contribution in [0.5, 0.6) is 5.75 Å². The van der Waals surface area contributed by atoms with Gasteiger partial charge in [0, 0.05) is 26.2 Å². The van der Waals surface area contributed by atoms with Gasteiger partial charge >= 0.3 is 0 Å². The Hall–Kier alpha value is -1.01. The first-order chi connectivity index (χ1) is 9.11. The van der Waals surface area contributed by atoms with Crippen molar-refractivity contribution in [2.24, 2.45) is 0 Å². The molecule has 19 heavy (non-hydrogen) atoms. The van der Waals surface area contributed by atoms with Gasteiger partial charge in [0.05, 0.1) is 6.10 Å². The smallest absolute Gasteiger partial charge is 0.198 e. The Bertz CT molecular complexity index is 399. The molecule has 0 amide bonds. The summed E-state index contributed by atoms with van der Waals surface area (Å²) in [6.45, 7) is 11.7. The van der Waals surface area contributed by atoms with E-state index in [1.54, 1.807) is 0 Å². The van der Waals surface area contributed by atoms with Crippen molar-refractivity contribution in [3.63, 3.8) is 0 Å². The first kappa shape index (κ1) is 14.4. The van der Waals surface area contributed by atoms with Crippen molar-refractivity contribution >= 4 is 22.4 Å². The van der Waals surface area contributed by atoms with Crippen LogP contribution in [0.1, 0.15) is 27.2 Å². The minimum absolute atomic E-state index is 0.124. The molecule has 2 rings (SSSR count). The number of nitrogen functional groups attached to an aromatic ring is 1. The Labute approximate surface area is 119 Å². The molecule has 1 aromatic heterocycles. The second-order valence-electron chi connectivity index (χ2n) is 5.20. The Morgan fingerprint density at radius 1 is 1.32 bits per heavy atom. The number of anilines is 2. The van der Waals surface area contributed by atoms with E-state index < -0.39 is 0 Å². The van der Waals surface area contributed by atoms with Gasteiger partial charge in [0.2, 0.25) is 0 Å². The van der Waals surface area contributed by atoms with E-state index in [2.05, 4.69) is 21.1 Å². The lowest BCUT2D eigenvalue weighted by Crippen LogP contribution is -2.46. The molecule has 0 aliphatic carbocycles. The van der Waals surface area contributed by atoms with Crippen LogP contribution in [0.3, 0.4) is 0 Å². The normalized spacial score (nSPS) is 17.2. The Balaban J connectivity index is 2.03. The highest BCUT2D eigenvalue weighted by molar-refractivity contribution is 7.11. The summed E-state index contributed by atoms with van der Waals surface area (Å²) in [5.74, 6) is 1.29. The van der Waals surface area contributed by atoms with E-state index in [-0.39, 0.29) is 6.10 Å². The summed E-state index contributed by atoms with van der Waals surface area (Å²) in [7, 11) is 0. The lowest BCUT2D eigenvalue weighted by Gasteiger charge is -2.35. The fourth-order valence-electron chi connectivity index (χ4n) is 2.32. The first-order valence-corrected chi connectivity index (χ1v) is 7.78. The summed E-state index contributed by atoms with van der Waals surface area (Å²) < 4.78 is 10.1. The van der Waals surface area contributed by atoms with Crippen LogP contribution in [0.25, 0.3) is 0 Å². The topological polar surface area (TPSA) is 54.6 Å². The van der Waals surface area contributed by atoms with Crippen molar-refractivity contribution in [1.29, 1.82) is 0 Å². The van der Waals surface area contributed by atoms with Crippen molar-refractivity contribution in [2.45, 2.75) is 33.3 Å². The van der Waals surface area contributed by atoms with Gasteiger partial charge in [-0.15, -0.1) is 0 Å². The molecule has 2 N–H and O–H groups in total. The van der Waals surface area contributed by atoms with Gasteiger partial charge in [-0.3, -0.25) is 4.90 Å². The molecule has 108 valence electrons. The predicted molar refractivity (Wildman–Crippen MR) is 81.2 cm³/mol. The molecule has 0 bridgehead atoms. The number of hydrogen-bond acceptors (Lipinski definition) is 6. The lowest BCUT2D eigenvalue weighted by atomic mass is 10.3. The molecule has 1 aliphatic heterocycles. The van der Waals surface area contributed by atoms with Gasteiger partial charge in [-0.05, 0) is 38.3 Å². The van der Waals surface area contributed by atoms with E-state index >= 15 is 0 Å². The Kier molecular flexibility index (Phi) is 4.87. The molecule has 0 radical (unpaired) electrons. The predicted octanol–water partition coefficient (Wildman–Crippen LogP) is 2.04. The van der Waals surface area contributed by atoms with Crippen LogP contribution < -0.4 is 15.4 Å². The number of piperazine rings is 1. The molecule has 1 aromatic rings. The van der Waals surface area contributed by atoms with Crippen LogP contribution in [0.4, 0.5) is 10.8 Å². The highest BCUT2D eigenvalue weighted by atomic mass is 32.1. The van der Waals surface area contributed by atoms with E-state index in [1.165, 1.54) is 24.5 Å². The van der Waals surface area contributed by atoms with Crippen LogP contribution in [-0.4, -0.2) is 48.1 Å². The fourth-order valence-corrected chi connectivity index (χ4v) is 3.12. The maximum absolute atomic E-state index is 5.91. The van der Waals surface area contributed by atoms with Gasteiger partial charge in [0.1, 0.15) is 0 Å². The summed E-state index contributed by atoms with van der Waals surface area (Å²) in [6.07, 6.45) is 1.34. The van der Waals surface area contributed by atoms with Crippen molar-refractivity contribution in [2.75, 3.05) is 43.4 Å². The average Bonchev–Trinajstić information content (AvgIpc) is 2.72. The standard InChI is InChI=1S/C13H24N4OS/c1-4-5-16-6-8-17(9-7-16)13-11(18-10(2)3)12(14)15-19-13/h10H,4-9H2,1-3H3,(H2,14,15). The zero-order valence-electron chi connectivity index (χ0n) is 12.1. The molecule has 0 spiro atoms. The second kappa shape index (κ2) is 6.43. The third-order valence-electron chi connectivity index (χ3n) is 3.21. The summed E-state index contributed by atoms with van der Waals surface area (Å²) >= 11 is 1.45. The molecule has 5 nitrogen and oxygen atoms in total. The molecule has 0 saturated carbocycles. The molecule has 1 aliphatic rings. The average molecular weight is 284 g/mol. The molecule has 0 aromatic carbocycles. The van der Waals surface area contributed by atoms with E-state index in [0.717, 1.165) is 36.9 Å².